The number of pyridine rings is 1. The molecule has 0 radical (unpaired) electrons. The Morgan fingerprint density at radius 3 is 1.74 bits per heavy atom. The van der Waals surface area contributed by atoms with Crippen LogP contribution in [0.15, 0.2) is 82.7 Å². The lowest BCUT2D eigenvalue weighted by molar-refractivity contribution is 0.452. The van der Waals surface area contributed by atoms with Crippen LogP contribution < -0.4 is 0 Å². The number of aryl methyl sites for hydroxylation is 2. The second-order valence-electron chi connectivity index (χ2n) is 8.52. The van der Waals surface area contributed by atoms with Gasteiger partial charge in [0.05, 0.1) is 35.5 Å². The molecule has 0 bridgehead atoms. The number of hydrogen-bond donors (Lipinski definition) is 0. The van der Waals surface area contributed by atoms with Gasteiger partial charge in [0.15, 0.2) is 0 Å². The molecule has 3 aromatic rings. The lowest BCUT2D eigenvalue weighted by atomic mass is 10.2. The van der Waals surface area contributed by atoms with Crippen molar-refractivity contribution in [2.24, 2.45) is 0 Å². The second-order valence-corrected chi connectivity index (χ2v) is 12.4. The molecule has 0 unspecified atom stereocenters. The molecule has 10 heteroatoms. The van der Waals surface area contributed by atoms with Crippen LogP contribution in [0.25, 0.3) is 0 Å². The summed E-state index contributed by atoms with van der Waals surface area (Å²) in [5, 5.41) is 9.01. The highest BCUT2D eigenvalue weighted by atomic mass is 32.2. The van der Waals surface area contributed by atoms with Gasteiger partial charge in [0.2, 0.25) is 20.0 Å². The first-order valence-electron chi connectivity index (χ1n) is 12.0. The summed E-state index contributed by atoms with van der Waals surface area (Å²) < 4.78 is 55.3. The van der Waals surface area contributed by atoms with E-state index in [-0.39, 0.29) is 42.4 Å². The van der Waals surface area contributed by atoms with Gasteiger partial charge in [-0.3, -0.25) is 0 Å². The largest absolute Gasteiger partial charge is 0.248 e. The predicted molar refractivity (Wildman–Crippen MR) is 149 cm³/mol. The molecule has 0 saturated carbocycles. The number of rotatable bonds is 9. The summed E-state index contributed by atoms with van der Waals surface area (Å²) in [5.41, 5.74) is 2.34. The number of sulfonamides is 2. The molecule has 8 nitrogen and oxygen atoms in total. The lowest BCUT2D eigenvalue weighted by Gasteiger charge is -2.19. The van der Waals surface area contributed by atoms with E-state index < -0.39 is 20.0 Å². The van der Waals surface area contributed by atoms with E-state index in [1.54, 1.807) is 48.7 Å². The first kappa shape index (κ1) is 29.6. The second kappa shape index (κ2) is 13.7. The fourth-order valence-corrected chi connectivity index (χ4v) is 5.94. The molecule has 0 fully saturated rings. The van der Waals surface area contributed by atoms with Crippen molar-refractivity contribution in [2.75, 3.05) is 26.2 Å². The normalized spacial score (nSPS) is 11.3. The SMILES string of the molecule is Cc1ccc(S(=O)(=O)N(CC#CCN(CCC#N)S(=O)(=O)c2ccc(C)cc2)CC#Cc2ccccn2)cc1. The number of nitrogens with zero attached hydrogens (tertiary/aromatic N) is 4. The highest BCUT2D eigenvalue weighted by molar-refractivity contribution is 7.89. The van der Waals surface area contributed by atoms with Gasteiger partial charge in [0.25, 0.3) is 0 Å². The molecule has 0 spiro atoms. The molecule has 200 valence electrons. The molecule has 39 heavy (non-hydrogen) atoms. The summed E-state index contributed by atoms with van der Waals surface area (Å²) in [6.07, 6.45) is 1.59. The molecule has 0 aliphatic heterocycles. The molecular weight excluding hydrogens is 532 g/mol. The summed E-state index contributed by atoms with van der Waals surface area (Å²) in [5.74, 6) is 11.2. The third-order valence-corrected chi connectivity index (χ3v) is 9.23. The Morgan fingerprint density at radius 1 is 0.718 bits per heavy atom. The summed E-state index contributed by atoms with van der Waals surface area (Å²) in [4.78, 5) is 4.32. The van der Waals surface area contributed by atoms with Crippen molar-refractivity contribution in [1.82, 2.24) is 13.6 Å². The fourth-order valence-electron chi connectivity index (χ4n) is 3.35. The fraction of sp³-hybridized carbons (Fsp3) is 0.241. The van der Waals surface area contributed by atoms with Gasteiger partial charge >= 0.3 is 0 Å². The van der Waals surface area contributed by atoms with E-state index in [0.29, 0.717) is 5.69 Å². The minimum absolute atomic E-state index is 0.0101. The maximum absolute atomic E-state index is 13.4. The Balaban J connectivity index is 1.84. The zero-order valence-corrected chi connectivity index (χ0v) is 23.3. The Hall–Kier alpha value is -3.98. The monoisotopic (exact) mass is 560 g/mol. The molecule has 0 aliphatic rings. The van der Waals surface area contributed by atoms with Crippen LogP contribution in [-0.4, -0.2) is 56.6 Å². The van der Waals surface area contributed by atoms with Crippen LogP contribution >= 0.6 is 0 Å². The topological polar surface area (TPSA) is 111 Å². The highest BCUT2D eigenvalue weighted by Gasteiger charge is 2.24. The van der Waals surface area contributed by atoms with Gasteiger partial charge in [-0.05, 0) is 56.2 Å². The quantitative estimate of drug-likeness (QED) is 0.371. The number of aromatic nitrogens is 1. The van der Waals surface area contributed by atoms with Crippen molar-refractivity contribution in [3.05, 3.63) is 89.7 Å². The van der Waals surface area contributed by atoms with Gasteiger partial charge in [0, 0.05) is 19.2 Å². The van der Waals surface area contributed by atoms with E-state index in [1.807, 2.05) is 19.9 Å². The molecule has 0 aliphatic carbocycles. The predicted octanol–water partition coefficient (Wildman–Crippen LogP) is 3.35. The summed E-state index contributed by atoms with van der Waals surface area (Å²) in [6, 6.07) is 20.1. The molecule has 3 rings (SSSR count). The summed E-state index contributed by atoms with van der Waals surface area (Å²) in [6.45, 7) is 3.14. The van der Waals surface area contributed by atoms with Crippen LogP contribution in [0.2, 0.25) is 0 Å². The average Bonchev–Trinajstić information content (AvgIpc) is 2.92. The third-order valence-electron chi connectivity index (χ3n) is 5.56. The van der Waals surface area contributed by atoms with Crippen molar-refractivity contribution in [2.45, 2.75) is 30.1 Å². The number of nitriles is 1. The zero-order chi connectivity index (χ0) is 28.3. The average molecular weight is 561 g/mol. The first-order chi connectivity index (χ1) is 18.6. The molecule has 1 aromatic heterocycles. The standard InChI is InChI=1S/C29H28N4O4S2/c1-25-11-15-28(16-12-25)38(34,35)32(23-7-10-27-9-3-4-20-31-27)21-5-6-22-33(24-8-19-30)39(36,37)29-17-13-26(2)14-18-29/h3-4,9,11-18,20H,8,21-24H2,1-2H3. The smallest absolute Gasteiger partial charge is 0.244 e. The third kappa shape index (κ3) is 8.25. The van der Waals surface area contributed by atoms with E-state index in [9.17, 15) is 16.8 Å². The van der Waals surface area contributed by atoms with Crippen molar-refractivity contribution < 1.29 is 16.8 Å². The van der Waals surface area contributed by atoms with E-state index >= 15 is 0 Å². The van der Waals surface area contributed by atoms with Crippen LogP contribution in [0.5, 0.6) is 0 Å². The van der Waals surface area contributed by atoms with Crippen molar-refractivity contribution in [3.8, 4) is 29.8 Å². The summed E-state index contributed by atoms with van der Waals surface area (Å²) in [7, 11) is -7.82. The van der Waals surface area contributed by atoms with Crippen LogP contribution in [0.1, 0.15) is 23.2 Å². The van der Waals surface area contributed by atoms with Gasteiger partial charge in [0.1, 0.15) is 5.69 Å². The van der Waals surface area contributed by atoms with Gasteiger partial charge in [-0.15, -0.1) is 0 Å². The zero-order valence-electron chi connectivity index (χ0n) is 21.7. The number of hydrogen-bond acceptors (Lipinski definition) is 6. The Labute approximate surface area is 231 Å². The Morgan fingerprint density at radius 2 is 1.23 bits per heavy atom. The maximum Gasteiger partial charge on any atom is 0.244 e. The van der Waals surface area contributed by atoms with Crippen LogP contribution in [0.3, 0.4) is 0 Å². The minimum atomic E-state index is -3.93. The molecule has 0 N–H and O–H groups in total. The number of benzene rings is 2. The highest BCUT2D eigenvalue weighted by Crippen LogP contribution is 2.17. The Kier molecular flexibility index (Phi) is 10.4. The molecule has 0 amide bonds. The molecule has 2 aromatic carbocycles. The molecular formula is C29H28N4O4S2. The van der Waals surface area contributed by atoms with Gasteiger partial charge in [-0.1, -0.05) is 59.2 Å². The first-order valence-corrected chi connectivity index (χ1v) is 14.9. The van der Waals surface area contributed by atoms with E-state index in [2.05, 4.69) is 28.7 Å². The molecule has 0 saturated heterocycles. The van der Waals surface area contributed by atoms with E-state index in [0.717, 1.165) is 19.7 Å². The maximum atomic E-state index is 13.4. The van der Waals surface area contributed by atoms with E-state index in [4.69, 9.17) is 5.26 Å². The Bertz CT molecular complexity index is 1640. The van der Waals surface area contributed by atoms with Crippen molar-refractivity contribution in [3.63, 3.8) is 0 Å². The van der Waals surface area contributed by atoms with Gasteiger partial charge in [-0.2, -0.15) is 13.9 Å². The van der Waals surface area contributed by atoms with E-state index in [1.165, 1.54) is 24.3 Å². The van der Waals surface area contributed by atoms with Crippen molar-refractivity contribution in [1.29, 1.82) is 5.26 Å². The minimum Gasteiger partial charge on any atom is -0.248 e. The summed E-state index contributed by atoms with van der Waals surface area (Å²) >= 11 is 0. The van der Waals surface area contributed by atoms with Crippen LogP contribution in [0, 0.1) is 48.9 Å². The molecule has 1 heterocycles. The van der Waals surface area contributed by atoms with Crippen LogP contribution in [0.4, 0.5) is 0 Å². The molecule has 0 atom stereocenters. The van der Waals surface area contributed by atoms with Crippen molar-refractivity contribution >= 4 is 20.0 Å². The van der Waals surface area contributed by atoms with Gasteiger partial charge in [-0.25, -0.2) is 21.8 Å². The lowest BCUT2D eigenvalue weighted by Crippen LogP contribution is -2.33. The van der Waals surface area contributed by atoms with Crippen LogP contribution in [-0.2, 0) is 20.0 Å². The van der Waals surface area contributed by atoms with Gasteiger partial charge < -0.3 is 0 Å².